The summed E-state index contributed by atoms with van der Waals surface area (Å²) < 4.78 is 23.3. The highest BCUT2D eigenvalue weighted by Gasteiger charge is 2.52. The molecular weight excluding hydrogens is 385 g/mol. The van der Waals surface area contributed by atoms with Crippen molar-refractivity contribution in [3.63, 3.8) is 0 Å². The van der Waals surface area contributed by atoms with Crippen LogP contribution in [0.4, 0.5) is 4.79 Å². The SMILES string of the molecule is CC(C)(C)OC(=O)N1CCC(COc2ncc(B3OC(C)(C)C(C)(C)O3)cn2)CC1. The van der Waals surface area contributed by atoms with E-state index in [4.69, 9.17) is 18.8 Å². The van der Waals surface area contributed by atoms with E-state index >= 15 is 0 Å². The summed E-state index contributed by atoms with van der Waals surface area (Å²) in [5.41, 5.74) is -0.505. The van der Waals surface area contributed by atoms with Gasteiger partial charge in [0.15, 0.2) is 0 Å². The molecule has 2 fully saturated rings. The molecule has 0 aromatic carbocycles. The third-order valence-electron chi connectivity index (χ3n) is 5.89. The zero-order valence-electron chi connectivity index (χ0n) is 19.2. The van der Waals surface area contributed by atoms with Crippen LogP contribution in [0.2, 0.25) is 0 Å². The van der Waals surface area contributed by atoms with Crippen LogP contribution >= 0.6 is 0 Å². The van der Waals surface area contributed by atoms with Crippen molar-refractivity contribution >= 4 is 18.7 Å². The predicted molar refractivity (Wildman–Crippen MR) is 114 cm³/mol. The summed E-state index contributed by atoms with van der Waals surface area (Å²) in [5, 5.41) is 0. The van der Waals surface area contributed by atoms with Gasteiger partial charge in [-0.15, -0.1) is 0 Å². The van der Waals surface area contributed by atoms with E-state index in [1.54, 1.807) is 17.3 Å². The van der Waals surface area contributed by atoms with Gasteiger partial charge in [-0.2, -0.15) is 0 Å². The van der Waals surface area contributed by atoms with E-state index in [2.05, 4.69) is 9.97 Å². The first-order valence-electron chi connectivity index (χ1n) is 10.6. The molecule has 0 radical (unpaired) electrons. The maximum Gasteiger partial charge on any atom is 0.498 e. The molecule has 0 saturated carbocycles. The van der Waals surface area contributed by atoms with E-state index in [1.807, 2.05) is 48.5 Å². The van der Waals surface area contributed by atoms with Crippen LogP contribution in [0.15, 0.2) is 12.4 Å². The molecule has 0 N–H and O–H groups in total. The number of piperidine rings is 1. The molecule has 0 atom stereocenters. The largest absolute Gasteiger partial charge is 0.498 e. The van der Waals surface area contributed by atoms with Gasteiger partial charge >= 0.3 is 19.2 Å². The lowest BCUT2D eigenvalue weighted by Crippen LogP contribution is -2.42. The number of carbonyl (C=O) groups is 1. The Morgan fingerprint density at radius 3 is 2.17 bits per heavy atom. The second kappa shape index (κ2) is 8.34. The quantitative estimate of drug-likeness (QED) is 0.694. The lowest BCUT2D eigenvalue weighted by Gasteiger charge is -2.33. The highest BCUT2D eigenvalue weighted by molar-refractivity contribution is 6.61. The van der Waals surface area contributed by atoms with Crippen molar-refractivity contribution in [3.8, 4) is 6.01 Å². The molecule has 2 aliphatic rings. The Morgan fingerprint density at radius 2 is 1.67 bits per heavy atom. The van der Waals surface area contributed by atoms with Crippen molar-refractivity contribution in [2.45, 2.75) is 78.1 Å². The van der Waals surface area contributed by atoms with E-state index in [0.29, 0.717) is 31.6 Å². The monoisotopic (exact) mass is 419 g/mol. The summed E-state index contributed by atoms with van der Waals surface area (Å²) in [6, 6.07) is 0.338. The molecular formula is C21H34BN3O5. The molecule has 0 bridgehead atoms. The van der Waals surface area contributed by atoms with Gasteiger partial charge in [0, 0.05) is 30.9 Å². The Kier molecular flexibility index (Phi) is 6.34. The van der Waals surface area contributed by atoms with Gasteiger partial charge in [0.05, 0.1) is 17.8 Å². The van der Waals surface area contributed by atoms with Gasteiger partial charge in [-0.3, -0.25) is 0 Å². The van der Waals surface area contributed by atoms with Crippen molar-refractivity contribution in [2.24, 2.45) is 5.92 Å². The molecule has 1 amide bonds. The fourth-order valence-electron chi connectivity index (χ4n) is 3.30. The number of nitrogens with zero attached hydrogens (tertiary/aromatic N) is 3. The number of carbonyl (C=O) groups excluding carboxylic acids is 1. The lowest BCUT2D eigenvalue weighted by atomic mass is 9.81. The van der Waals surface area contributed by atoms with Crippen molar-refractivity contribution < 1.29 is 23.6 Å². The van der Waals surface area contributed by atoms with Crippen LogP contribution in [0.3, 0.4) is 0 Å². The average molecular weight is 419 g/mol. The molecule has 2 aliphatic heterocycles. The van der Waals surface area contributed by atoms with Gasteiger partial charge in [-0.1, -0.05) is 0 Å². The van der Waals surface area contributed by atoms with E-state index in [1.165, 1.54) is 0 Å². The van der Waals surface area contributed by atoms with Gasteiger partial charge in [0.2, 0.25) is 0 Å². The number of hydrogen-bond acceptors (Lipinski definition) is 7. The van der Waals surface area contributed by atoms with Crippen molar-refractivity contribution in [2.75, 3.05) is 19.7 Å². The van der Waals surface area contributed by atoms with E-state index < -0.39 is 23.9 Å². The summed E-state index contributed by atoms with van der Waals surface area (Å²) in [6.07, 6.45) is 4.87. The minimum atomic E-state index is -0.485. The summed E-state index contributed by atoms with van der Waals surface area (Å²) in [7, 11) is -0.485. The fourth-order valence-corrected chi connectivity index (χ4v) is 3.30. The Labute approximate surface area is 179 Å². The van der Waals surface area contributed by atoms with Gasteiger partial charge < -0.3 is 23.7 Å². The van der Waals surface area contributed by atoms with E-state index in [0.717, 1.165) is 18.3 Å². The van der Waals surface area contributed by atoms with Crippen molar-refractivity contribution in [3.05, 3.63) is 12.4 Å². The highest BCUT2D eigenvalue weighted by Crippen LogP contribution is 2.36. The number of rotatable bonds is 4. The lowest BCUT2D eigenvalue weighted by molar-refractivity contribution is 0.00578. The number of ether oxygens (including phenoxy) is 2. The molecule has 9 heteroatoms. The fraction of sp³-hybridized carbons (Fsp3) is 0.762. The normalized spacial score (nSPS) is 21.6. The van der Waals surface area contributed by atoms with Crippen LogP contribution in [0.25, 0.3) is 0 Å². The maximum absolute atomic E-state index is 12.2. The zero-order valence-corrected chi connectivity index (χ0v) is 19.2. The molecule has 8 nitrogen and oxygen atoms in total. The van der Waals surface area contributed by atoms with Crippen LogP contribution in [-0.2, 0) is 14.0 Å². The topological polar surface area (TPSA) is 83.0 Å². The van der Waals surface area contributed by atoms with Crippen LogP contribution in [0.1, 0.15) is 61.3 Å². The minimum Gasteiger partial charge on any atom is -0.463 e. The molecule has 166 valence electrons. The van der Waals surface area contributed by atoms with Crippen molar-refractivity contribution in [1.82, 2.24) is 14.9 Å². The molecule has 1 aromatic rings. The van der Waals surface area contributed by atoms with Crippen LogP contribution in [-0.4, -0.2) is 64.6 Å². The minimum absolute atomic E-state index is 0.247. The standard InChI is InChI=1S/C21H34BN3O5/c1-19(2,3)28-18(26)25-10-8-15(9-11-25)14-27-17-23-12-16(13-24-17)22-29-20(4,5)21(6,7)30-22/h12-13,15H,8-11,14H2,1-7H3. The second-order valence-electron chi connectivity index (χ2n) is 10.1. The third kappa shape index (κ3) is 5.43. The number of hydrogen-bond donors (Lipinski definition) is 0. The Bertz CT molecular complexity index is 724. The summed E-state index contributed by atoms with van der Waals surface area (Å²) in [5.74, 6) is 0.357. The van der Waals surface area contributed by atoms with Crippen molar-refractivity contribution in [1.29, 1.82) is 0 Å². The van der Waals surface area contributed by atoms with Gasteiger partial charge in [-0.05, 0) is 67.2 Å². The highest BCUT2D eigenvalue weighted by atomic mass is 16.7. The molecule has 3 rings (SSSR count). The molecule has 0 aliphatic carbocycles. The molecule has 1 aromatic heterocycles. The first kappa shape index (κ1) is 22.8. The van der Waals surface area contributed by atoms with Gasteiger partial charge in [0.25, 0.3) is 0 Å². The van der Waals surface area contributed by atoms with E-state index in [-0.39, 0.29) is 6.09 Å². The molecule has 30 heavy (non-hydrogen) atoms. The molecule has 3 heterocycles. The first-order valence-corrected chi connectivity index (χ1v) is 10.6. The Morgan fingerprint density at radius 1 is 1.13 bits per heavy atom. The van der Waals surface area contributed by atoms with Crippen LogP contribution < -0.4 is 10.2 Å². The van der Waals surface area contributed by atoms with E-state index in [9.17, 15) is 4.79 Å². The summed E-state index contributed by atoms with van der Waals surface area (Å²) >= 11 is 0. The van der Waals surface area contributed by atoms with Gasteiger partial charge in [0.1, 0.15) is 5.60 Å². The molecule has 2 saturated heterocycles. The average Bonchev–Trinajstić information content (AvgIpc) is 2.87. The first-order chi connectivity index (χ1) is 13.9. The smallest absolute Gasteiger partial charge is 0.463 e. The molecule has 0 spiro atoms. The predicted octanol–water partition coefficient (Wildman–Crippen LogP) is 2.80. The Balaban J connectivity index is 1.45. The zero-order chi connectivity index (χ0) is 22.2. The maximum atomic E-state index is 12.2. The van der Waals surface area contributed by atoms with Crippen LogP contribution in [0, 0.1) is 5.92 Å². The second-order valence-corrected chi connectivity index (χ2v) is 10.1. The van der Waals surface area contributed by atoms with Gasteiger partial charge in [-0.25, -0.2) is 14.8 Å². The number of likely N-dealkylation sites (tertiary alicyclic amines) is 1. The van der Waals surface area contributed by atoms with Crippen LogP contribution in [0.5, 0.6) is 6.01 Å². The summed E-state index contributed by atoms with van der Waals surface area (Å²) in [4.78, 5) is 22.5. The Hall–Kier alpha value is -1.87. The number of amides is 1. The summed E-state index contributed by atoms with van der Waals surface area (Å²) in [6.45, 7) is 15.6. The number of aromatic nitrogens is 2. The molecule has 0 unspecified atom stereocenters. The third-order valence-corrected chi connectivity index (χ3v) is 5.89.